The zero-order valence-corrected chi connectivity index (χ0v) is 14.5. The van der Waals surface area contributed by atoms with Crippen LogP contribution in [0.25, 0.3) is 11.0 Å². The van der Waals surface area contributed by atoms with Gasteiger partial charge >= 0.3 is 0 Å². The van der Waals surface area contributed by atoms with Gasteiger partial charge in [-0.3, -0.25) is 9.52 Å². The molecule has 0 amide bonds. The van der Waals surface area contributed by atoms with E-state index in [-0.39, 0.29) is 33.6 Å². The number of hydrogen-bond donors (Lipinski definition) is 2. The zero-order chi connectivity index (χ0) is 18.9. The molecule has 0 unspecified atom stereocenters. The molecule has 0 atom stereocenters. The van der Waals surface area contributed by atoms with Gasteiger partial charge in [0.1, 0.15) is 11.5 Å². The molecule has 6 nitrogen and oxygen atoms in total. The summed E-state index contributed by atoms with van der Waals surface area (Å²) in [6.07, 6.45) is 2.67. The number of hydrogen-bond acceptors (Lipinski definition) is 4. The second-order valence-electron chi connectivity index (χ2n) is 5.67. The lowest BCUT2D eigenvalue weighted by Crippen LogP contribution is -2.18. The molecule has 136 valence electrons. The number of nitrogens with zero attached hydrogens (tertiary/aromatic N) is 1. The van der Waals surface area contributed by atoms with Crippen LogP contribution in [0, 0.1) is 11.6 Å². The van der Waals surface area contributed by atoms with Crippen molar-refractivity contribution in [1.29, 1.82) is 0 Å². The topological polar surface area (TPSA) is 91.9 Å². The number of nitrogens with one attached hydrogen (secondary N) is 2. The molecule has 3 aromatic rings. The molecule has 0 radical (unpaired) electrons. The van der Waals surface area contributed by atoms with Crippen LogP contribution in [0.3, 0.4) is 0 Å². The fourth-order valence-electron chi connectivity index (χ4n) is 2.58. The Hall–Kier alpha value is -2.81. The standard InChI is InChI=1S/C17H15F2N3O3S/c1-2-6-26(24,25)22-14-5-3-4-11(15(14)19)16(23)13-9-21-17-12(13)7-10(18)8-20-17/h3-5,7-9,22H,2,6H2,1H3,(H,20,21). The second-order valence-corrected chi connectivity index (χ2v) is 7.51. The van der Waals surface area contributed by atoms with Crippen molar-refractivity contribution in [2.75, 3.05) is 10.5 Å². The SMILES string of the molecule is CCCS(=O)(=O)Nc1cccc(C(=O)c2c[nH]c3ncc(F)cc23)c1F. The van der Waals surface area contributed by atoms with Crippen molar-refractivity contribution in [2.24, 2.45) is 0 Å². The van der Waals surface area contributed by atoms with Crippen molar-refractivity contribution >= 4 is 32.5 Å². The molecule has 26 heavy (non-hydrogen) atoms. The van der Waals surface area contributed by atoms with Gasteiger partial charge in [0.25, 0.3) is 0 Å². The summed E-state index contributed by atoms with van der Waals surface area (Å²) >= 11 is 0. The zero-order valence-electron chi connectivity index (χ0n) is 13.7. The first-order valence-electron chi connectivity index (χ1n) is 7.78. The molecule has 0 spiro atoms. The molecule has 0 aliphatic rings. The molecular formula is C17H15F2N3O3S. The van der Waals surface area contributed by atoms with Gasteiger partial charge < -0.3 is 4.98 Å². The first-order chi connectivity index (χ1) is 12.3. The van der Waals surface area contributed by atoms with E-state index in [1.807, 2.05) is 0 Å². The summed E-state index contributed by atoms with van der Waals surface area (Å²) in [4.78, 5) is 19.3. The van der Waals surface area contributed by atoms with E-state index in [2.05, 4.69) is 14.7 Å². The molecule has 2 heterocycles. The maximum absolute atomic E-state index is 14.7. The number of fused-ring (bicyclic) bond motifs is 1. The monoisotopic (exact) mass is 379 g/mol. The number of carbonyl (C=O) groups excluding carboxylic acids is 1. The Morgan fingerprint density at radius 1 is 1.27 bits per heavy atom. The number of anilines is 1. The van der Waals surface area contributed by atoms with Crippen molar-refractivity contribution in [3.63, 3.8) is 0 Å². The number of pyridine rings is 1. The lowest BCUT2D eigenvalue weighted by molar-refractivity contribution is 0.103. The third-order valence-electron chi connectivity index (χ3n) is 3.72. The summed E-state index contributed by atoms with van der Waals surface area (Å²) in [6, 6.07) is 4.96. The molecule has 9 heteroatoms. The molecule has 0 aliphatic heterocycles. The Bertz CT molecular complexity index is 1090. The van der Waals surface area contributed by atoms with Crippen molar-refractivity contribution in [2.45, 2.75) is 13.3 Å². The van der Waals surface area contributed by atoms with Gasteiger partial charge in [-0.1, -0.05) is 13.0 Å². The van der Waals surface area contributed by atoms with E-state index in [0.717, 1.165) is 12.3 Å². The van der Waals surface area contributed by atoms with Crippen LogP contribution in [0.5, 0.6) is 0 Å². The largest absolute Gasteiger partial charge is 0.345 e. The summed E-state index contributed by atoms with van der Waals surface area (Å²) < 4.78 is 54.0. The lowest BCUT2D eigenvalue weighted by Gasteiger charge is -2.10. The second kappa shape index (κ2) is 6.83. The predicted octanol–water partition coefficient (Wildman–Crippen LogP) is 3.22. The van der Waals surface area contributed by atoms with E-state index in [4.69, 9.17) is 0 Å². The molecule has 0 bridgehead atoms. The van der Waals surface area contributed by atoms with E-state index in [1.54, 1.807) is 6.92 Å². The average Bonchev–Trinajstić information content (AvgIpc) is 2.99. The Morgan fingerprint density at radius 3 is 2.77 bits per heavy atom. The minimum atomic E-state index is -3.71. The van der Waals surface area contributed by atoms with E-state index < -0.39 is 27.4 Å². The number of aromatic nitrogens is 2. The number of aromatic amines is 1. The third kappa shape index (κ3) is 3.43. The Morgan fingerprint density at radius 2 is 2.04 bits per heavy atom. The van der Waals surface area contributed by atoms with Crippen LogP contribution in [-0.2, 0) is 10.0 Å². The predicted molar refractivity (Wildman–Crippen MR) is 93.6 cm³/mol. The highest BCUT2D eigenvalue weighted by molar-refractivity contribution is 7.92. The number of halogens is 2. The van der Waals surface area contributed by atoms with Crippen LogP contribution in [0.1, 0.15) is 29.3 Å². The quantitative estimate of drug-likeness (QED) is 0.643. The molecular weight excluding hydrogens is 364 g/mol. The Kier molecular flexibility index (Phi) is 4.73. The molecule has 1 aromatic carbocycles. The summed E-state index contributed by atoms with van der Waals surface area (Å²) in [6.45, 7) is 1.68. The highest BCUT2D eigenvalue weighted by Crippen LogP contribution is 2.25. The van der Waals surface area contributed by atoms with Crippen molar-refractivity contribution in [3.8, 4) is 0 Å². The smallest absolute Gasteiger partial charge is 0.232 e. The van der Waals surface area contributed by atoms with Gasteiger partial charge in [-0.15, -0.1) is 0 Å². The molecule has 0 saturated heterocycles. The normalized spacial score (nSPS) is 11.7. The van der Waals surface area contributed by atoms with Gasteiger partial charge in [-0.25, -0.2) is 22.2 Å². The van der Waals surface area contributed by atoms with Gasteiger partial charge in [0, 0.05) is 17.1 Å². The average molecular weight is 379 g/mol. The van der Waals surface area contributed by atoms with Gasteiger partial charge in [0.2, 0.25) is 10.0 Å². The van der Waals surface area contributed by atoms with Crippen LogP contribution in [0.4, 0.5) is 14.5 Å². The maximum atomic E-state index is 14.7. The number of ketones is 1. The van der Waals surface area contributed by atoms with Crippen LogP contribution >= 0.6 is 0 Å². The van der Waals surface area contributed by atoms with Gasteiger partial charge in [-0.05, 0) is 24.6 Å². The van der Waals surface area contributed by atoms with Gasteiger partial charge in [-0.2, -0.15) is 0 Å². The first kappa shape index (κ1) is 18.0. The molecule has 0 saturated carbocycles. The van der Waals surface area contributed by atoms with E-state index in [1.165, 1.54) is 24.4 Å². The van der Waals surface area contributed by atoms with Crippen molar-refractivity contribution in [3.05, 3.63) is 59.4 Å². The fraction of sp³-hybridized carbons (Fsp3) is 0.176. The number of sulfonamides is 1. The lowest BCUT2D eigenvalue weighted by atomic mass is 10.0. The number of carbonyl (C=O) groups is 1. The minimum absolute atomic E-state index is 0.0412. The number of benzene rings is 1. The first-order valence-corrected chi connectivity index (χ1v) is 9.44. The van der Waals surface area contributed by atoms with E-state index in [9.17, 15) is 22.0 Å². The molecule has 0 aliphatic carbocycles. The minimum Gasteiger partial charge on any atom is -0.345 e. The van der Waals surface area contributed by atoms with Crippen molar-refractivity contribution < 1.29 is 22.0 Å². The van der Waals surface area contributed by atoms with Gasteiger partial charge in [0.05, 0.1) is 23.2 Å². The highest BCUT2D eigenvalue weighted by Gasteiger charge is 2.22. The molecule has 0 fully saturated rings. The molecule has 2 aromatic heterocycles. The van der Waals surface area contributed by atoms with Crippen LogP contribution in [0.2, 0.25) is 0 Å². The van der Waals surface area contributed by atoms with E-state index in [0.29, 0.717) is 6.42 Å². The Balaban J connectivity index is 2.02. The number of rotatable bonds is 6. The summed E-state index contributed by atoms with van der Waals surface area (Å²) in [5.41, 5.74) is -0.310. The number of H-pyrrole nitrogens is 1. The van der Waals surface area contributed by atoms with Crippen LogP contribution in [-0.4, -0.2) is 29.9 Å². The summed E-state index contributed by atoms with van der Waals surface area (Å²) in [5, 5.41) is 0.214. The van der Waals surface area contributed by atoms with E-state index >= 15 is 0 Å². The Labute approximate surface area is 148 Å². The fourth-order valence-corrected chi connectivity index (χ4v) is 3.72. The summed E-state index contributed by atoms with van der Waals surface area (Å²) in [5.74, 6) is -2.50. The molecule has 2 N–H and O–H groups in total. The maximum Gasteiger partial charge on any atom is 0.232 e. The van der Waals surface area contributed by atoms with Crippen LogP contribution in [0.15, 0.2) is 36.7 Å². The highest BCUT2D eigenvalue weighted by atomic mass is 32.2. The van der Waals surface area contributed by atoms with Crippen LogP contribution < -0.4 is 4.72 Å². The molecule has 3 rings (SSSR count). The summed E-state index contributed by atoms with van der Waals surface area (Å²) in [7, 11) is -3.71. The van der Waals surface area contributed by atoms with Crippen molar-refractivity contribution in [1.82, 2.24) is 9.97 Å². The van der Waals surface area contributed by atoms with Gasteiger partial charge in [0.15, 0.2) is 11.6 Å². The third-order valence-corrected chi connectivity index (χ3v) is 5.20.